The van der Waals surface area contributed by atoms with E-state index in [1.807, 2.05) is 18.2 Å². The Morgan fingerprint density at radius 3 is 2.75 bits per heavy atom. The van der Waals surface area contributed by atoms with Crippen LogP contribution in [0.15, 0.2) is 24.3 Å². The first kappa shape index (κ1) is 17.4. The first-order valence-corrected chi connectivity index (χ1v) is 7.65. The maximum Gasteiger partial charge on any atom is 0.0630 e. The van der Waals surface area contributed by atoms with Crippen LogP contribution in [0.25, 0.3) is 0 Å². The molecule has 0 aromatic heterocycles. The molecule has 0 saturated carbocycles. The van der Waals surface area contributed by atoms with E-state index >= 15 is 0 Å². The van der Waals surface area contributed by atoms with Crippen molar-refractivity contribution in [2.75, 3.05) is 33.9 Å². The number of benzene rings is 1. The van der Waals surface area contributed by atoms with Crippen LogP contribution < -0.4 is 5.32 Å². The molecule has 0 aliphatic rings. The Kier molecular flexibility index (Phi) is 8.15. The number of hydrogen-bond acceptors (Lipinski definition) is 3. The van der Waals surface area contributed by atoms with Crippen LogP contribution in [0.5, 0.6) is 0 Å². The van der Waals surface area contributed by atoms with Crippen molar-refractivity contribution in [3.8, 4) is 0 Å². The average Bonchev–Trinajstić information content (AvgIpc) is 2.45. The van der Waals surface area contributed by atoms with Gasteiger partial charge in [-0.25, -0.2) is 0 Å². The van der Waals surface area contributed by atoms with Gasteiger partial charge in [0, 0.05) is 30.8 Å². The van der Waals surface area contributed by atoms with Crippen LogP contribution in [0.2, 0.25) is 5.02 Å². The summed E-state index contributed by atoms with van der Waals surface area (Å²) < 4.78 is 5.36. The van der Waals surface area contributed by atoms with Crippen LogP contribution in [0.1, 0.15) is 31.9 Å². The number of ether oxygens (including phenoxy) is 1. The summed E-state index contributed by atoms with van der Waals surface area (Å²) in [7, 11) is 3.90. The summed E-state index contributed by atoms with van der Waals surface area (Å²) >= 11 is 6.08. The van der Waals surface area contributed by atoms with Crippen molar-refractivity contribution in [1.29, 1.82) is 0 Å². The summed E-state index contributed by atoms with van der Waals surface area (Å²) in [5.74, 6) is 0. The number of nitrogens with zero attached hydrogens (tertiary/aromatic N) is 1. The predicted octanol–water partition coefficient (Wildman–Crippen LogP) is 3.35. The largest absolute Gasteiger partial charge is 0.383 e. The number of rotatable bonds is 9. The van der Waals surface area contributed by atoms with E-state index in [2.05, 4.69) is 37.2 Å². The molecule has 0 heterocycles. The quantitative estimate of drug-likeness (QED) is 0.708. The maximum absolute atomic E-state index is 6.08. The third-order valence-electron chi connectivity index (χ3n) is 3.68. The Bertz CT molecular complexity index is 386. The normalized spacial score (nSPS) is 14.5. The van der Waals surface area contributed by atoms with E-state index < -0.39 is 0 Å². The lowest BCUT2D eigenvalue weighted by Gasteiger charge is -2.33. The van der Waals surface area contributed by atoms with Gasteiger partial charge >= 0.3 is 0 Å². The maximum atomic E-state index is 6.08. The smallest absolute Gasteiger partial charge is 0.0630 e. The molecule has 2 atom stereocenters. The molecule has 20 heavy (non-hydrogen) atoms. The van der Waals surface area contributed by atoms with Crippen LogP contribution in [0.3, 0.4) is 0 Å². The third kappa shape index (κ3) is 5.41. The van der Waals surface area contributed by atoms with E-state index in [1.54, 1.807) is 7.11 Å². The second-order valence-electron chi connectivity index (χ2n) is 5.21. The molecule has 3 nitrogen and oxygen atoms in total. The Labute approximate surface area is 128 Å². The van der Waals surface area contributed by atoms with Gasteiger partial charge < -0.3 is 10.1 Å². The highest BCUT2D eigenvalue weighted by Crippen LogP contribution is 2.23. The van der Waals surface area contributed by atoms with Gasteiger partial charge in [0.15, 0.2) is 0 Å². The molecule has 0 saturated heterocycles. The van der Waals surface area contributed by atoms with Crippen molar-refractivity contribution in [3.05, 3.63) is 34.9 Å². The number of halogens is 1. The van der Waals surface area contributed by atoms with Crippen LogP contribution in [-0.4, -0.2) is 44.8 Å². The molecular weight excluding hydrogens is 272 g/mol. The molecule has 0 amide bonds. The summed E-state index contributed by atoms with van der Waals surface area (Å²) in [6.07, 6.45) is 1.15. The highest BCUT2D eigenvalue weighted by Gasteiger charge is 2.20. The van der Waals surface area contributed by atoms with Crippen molar-refractivity contribution in [2.24, 2.45) is 0 Å². The van der Waals surface area contributed by atoms with Gasteiger partial charge in [-0.15, -0.1) is 0 Å². The predicted molar refractivity (Wildman–Crippen MR) is 86.5 cm³/mol. The fraction of sp³-hybridized carbons (Fsp3) is 0.625. The molecule has 4 heteroatoms. The fourth-order valence-corrected chi connectivity index (χ4v) is 2.47. The summed E-state index contributed by atoms with van der Waals surface area (Å²) in [5.41, 5.74) is 1.23. The van der Waals surface area contributed by atoms with Gasteiger partial charge in [-0.05, 0) is 44.6 Å². The molecule has 1 rings (SSSR count). The molecule has 114 valence electrons. The zero-order chi connectivity index (χ0) is 15.0. The summed E-state index contributed by atoms with van der Waals surface area (Å²) in [5, 5.41) is 4.26. The van der Waals surface area contributed by atoms with Crippen LogP contribution in [-0.2, 0) is 4.74 Å². The molecule has 0 fully saturated rings. The minimum Gasteiger partial charge on any atom is -0.383 e. The van der Waals surface area contributed by atoms with Crippen molar-refractivity contribution < 1.29 is 4.74 Å². The van der Waals surface area contributed by atoms with Gasteiger partial charge in [-0.2, -0.15) is 0 Å². The Morgan fingerprint density at radius 1 is 1.40 bits per heavy atom. The molecule has 0 radical (unpaired) electrons. The molecule has 0 bridgehead atoms. The van der Waals surface area contributed by atoms with E-state index in [0.717, 1.165) is 31.1 Å². The first-order chi connectivity index (χ1) is 9.60. The van der Waals surface area contributed by atoms with E-state index in [-0.39, 0.29) is 0 Å². The van der Waals surface area contributed by atoms with Gasteiger partial charge in [0.2, 0.25) is 0 Å². The fourth-order valence-electron chi connectivity index (χ4n) is 2.28. The first-order valence-electron chi connectivity index (χ1n) is 7.27. The topological polar surface area (TPSA) is 24.5 Å². The standard InChI is InChI=1S/C16H27ClN2O/c1-5-9-18-11-16(12-20-4)19(3)13(2)14-7-6-8-15(17)10-14/h6-8,10,13,16,18H,5,9,11-12H2,1-4H3. The molecular formula is C16H27ClN2O. The second-order valence-corrected chi connectivity index (χ2v) is 5.65. The number of nitrogens with one attached hydrogen (secondary N) is 1. The monoisotopic (exact) mass is 298 g/mol. The molecule has 1 aromatic rings. The summed E-state index contributed by atoms with van der Waals surface area (Å²) in [6, 6.07) is 8.72. The van der Waals surface area contributed by atoms with Gasteiger partial charge in [0.25, 0.3) is 0 Å². The van der Waals surface area contributed by atoms with Gasteiger partial charge in [0.05, 0.1) is 6.61 Å². The zero-order valence-electron chi connectivity index (χ0n) is 13.0. The molecule has 0 aliphatic carbocycles. The van der Waals surface area contributed by atoms with Crippen molar-refractivity contribution in [1.82, 2.24) is 10.2 Å². The van der Waals surface area contributed by atoms with Crippen LogP contribution in [0, 0.1) is 0 Å². The number of likely N-dealkylation sites (N-methyl/N-ethyl adjacent to an activating group) is 1. The number of hydrogen-bond donors (Lipinski definition) is 1. The molecule has 1 N–H and O–H groups in total. The van der Waals surface area contributed by atoms with E-state index in [4.69, 9.17) is 16.3 Å². The average molecular weight is 299 g/mol. The minimum absolute atomic E-state index is 0.303. The van der Waals surface area contributed by atoms with E-state index in [1.165, 1.54) is 5.56 Å². The van der Waals surface area contributed by atoms with Crippen LogP contribution >= 0.6 is 11.6 Å². The lowest BCUT2D eigenvalue weighted by Crippen LogP contribution is -2.44. The summed E-state index contributed by atoms with van der Waals surface area (Å²) in [4.78, 5) is 2.35. The Morgan fingerprint density at radius 2 is 2.15 bits per heavy atom. The van der Waals surface area contributed by atoms with Crippen molar-refractivity contribution in [3.63, 3.8) is 0 Å². The SMILES string of the molecule is CCCNCC(COC)N(C)C(C)c1cccc(Cl)c1. The van der Waals surface area contributed by atoms with Crippen LogP contribution in [0.4, 0.5) is 0 Å². The third-order valence-corrected chi connectivity index (χ3v) is 3.92. The van der Waals surface area contributed by atoms with Gasteiger partial charge in [-0.1, -0.05) is 30.7 Å². The number of methoxy groups -OCH3 is 1. The van der Waals surface area contributed by atoms with Gasteiger partial charge in [0.1, 0.15) is 0 Å². The van der Waals surface area contributed by atoms with E-state index in [0.29, 0.717) is 12.1 Å². The highest BCUT2D eigenvalue weighted by molar-refractivity contribution is 6.30. The summed E-state index contributed by atoms with van der Waals surface area (Å²) in [6.45, 7) is 7.07. The van der Waals surface area contributed by atoms with Crippen molar-refractivity contribution in [2.45, 2.75) is 32.4 Å². The lowest BCUT2D eigenvalue weighted by atomic mass is 10.1. The lowest BCUT2D eigenvalue weighted by molar-refractivity contribution is 0.0837. The molecule has 0 aliphatic heterocycles. The van der Waals surface area contributed by atoms with Gasteiger partial charge in [-0.3, -0.25) is 4.90 Å². The molecule has 1 aromatic carbocycles. The molecule has 0 spiro atoms. The van der Waals surface area contributed by atoms with E-state index in [9.17, 15) is 0 Å². The highest BCUT2D eigenvalue weighted by atomic mass is 35.5. The zero-order valence-corrected chi connectivity index (χ0v) is 13.8. The Balaban J connectivity index is 2.69. The molecule has 2 unspecified atom stereocenters. The Hall–Kier alpha value is -0.610. The van der Waals surface area contributed by atoms with Crippen molar-refractivity contribution >= 4 is 11.6 Å². The minimum atomic E-state index is 0.303. The second kappa shape index (κ2) is 9.35.